The van der Waals surface area contributed by atoms with Crippen molar-refractivity contribution in [3.63, 3.8) is 0 Å². The van der Waals surface area contributed by atoms with E-state index in [1.165, 1.54) is 12.4 Å². The first-order chi connectivity index (χ1) is 17.6. The second-order valence-corrected chi connectivity index (χ2v) is 12.2. The van der Waals surface area contributed by atoms with Gasteiger partial charge in [-0.25, -0.2) is 18.4 Å². The molecule has 2 N–H and O–H groups in total. The zero-order valence-corrected chi connectivity index (χ0v) is 22.1. The number of carbonyl (C=O) groups excluding carboxylic acids is 3. The number of hydrogen-bond acceptors (Lipinski definition) is 9. The SMILES string of the molecule is CC(C)C[C@H](NC(=O)c1cnc2ccccc2n1)C(=O)NC1CCCN(S(=O)(=O)c2nccs2)CC1=O. The maximum Gasteiger partial charge on any atom is 0.272 e. The van der Waals surface area contributed by atoms with Gasteiger partial charge in [0.25, 0.3) is 15.9 Å². The number of fused-ring (bicyclic) bond motifs is 1. The molecule has 37 heavy (non-hydrogen) atoms. The molecule has 0 radical (unpaired) electrons. The van der Waals surface area contributed by atoms with Crippen molar-refractivity contribution in [1.29, 1.82) is 0 Å². The lowest BCUT2D eigenvalue weighted by Crippen LogP contribution is -2.52. The molecule has 1 saturated heterocycles. The quantitative estimate of drug-likeness (QED) is 0.435. The third kappa shape index (κ3) is 6.35. The first-order valence-electron chi connectivity index (χ1n) is 11.9. The van der Waals surface area contributed by atoms with Crippen LogP contribution in [0.1, 0.15) is 43.6 Å². The Labute approximate surface area is 218 Å². The number of ketones is 1. The van der Waals surface area contributed by atoms with Crippen LogP contribution in [-0.2, 0) is 19.6 Å². The Morgan fingerprint density at radius 1 is 1.19 bits per heavy atom. The summed E-state index contributed by atoms with van der Waals surface area (Å²) < 4.78 is 26.7. The van der Waals surface area contributed by atoms with Crippen molar-refractivity contribution in [2.45, 2.75) is 49.5 Å². The van der Waals surface area contributed by atoms with Gasteiger partial charge in [0, 0.05) is 18.1 Å². The molecule has 13 heteroatoms. The molecule has 0 spiro atoms. The van der Waals surface area contributed by atoms with Crippen molar-refractivity contribution in [3.05, 3.63) is 47.7 Å². The predicted molar refractivity (Wildman–Crippen MR) is 137 cm³/mol. The number of sulfonamides is 1. The van der Waals surface area contributed by atoms with Gasteiger partial charge in [0.05, 0.1) is 29.8 Å². The van der Waals surface area contributed by atoms with Crippen molar-refractivity contribution >= 4 is 50.0 Å². The molecule has 0 bridgehead atoms. The minimum atomic E-state index is -3.88. The number of nitrogens with one attached hydrogen (secondary N) is 2. The average Bonchev–Trinajstić information content (AvgIpc) is 3.36. The number of rotatable bonds is 8. The monoisotopic (exact) mass is 544 g/mol. The summed E-state index contributed by atoms with van der Waals surface area (Å²) >= 11 is 0.985. The highest BCUT2D eigenvalue weighted by atomic mass is 32.2. The van der Waals surface area contributed by atoms with Crippen LogP contribution < -0.4 is 10.6 Å². The summed E-state index contributed by atoms with van der Waals surface area (Å²) in [5.74, 6) is -1.40. The molecule has 11 nitrogen and oxygen atoms in total. The average molecular weight is 545 g/mol. The molecule has 2 atom stereocenters. The number of aromatic nitrogens is 3. The van der Waals surface area contributed by atoms with Gasteiger partial charge in [0.15, 0.2) is 5.78 Å². The number of Topliss-reactive ketones (excluding diaryl/α,β-unsaturated/α-hetero) is 1. The van der Waals surface area contributed by atoms with Crippen molar-refractivity contribution in [2.75, 3.05) is 13.1 Å². The van der Waals surface area contributed by atoms with Crippen LogP contribution in [0.3, 0.4) is 0 Å². The van der Waals surface area contributed by atoms with E-state index in [0.717, 1.165) is 15.6 Å². The lowest BCUT2D eigenvalue weighted by molar-refractivity contribution is -0.129. The highest BCUT2D eigenvalue weighted by molar-refractivity contribution is 7.91. The second-order valence-electron chi connectivity index (χ2n) is 9.21. The molecule has 3 aromatic rings. The van der Waals surface area contributed by atoms with Crippen molar-refractivity contribution in [1.82, 2.24) is 29.9 Å². The maximum absolute atomic E-state index is 13.2. The molecule has 196 valence electrons. The fourth-order valence-corrected chi connectivity index (χ4v) is 6.49. The maximum atomic E-state index is 13.2. The van der Waals surface area contributed by atoms with E-state index in [-0.39, 0.29) is 35.5 Å². The molecule has 1 aromatic carbocycles. The van der Waals surface area contributed by atoms with Crippen LogP contribution in [0.5, 0.6) is 0 Å². The Bertz CT molecular complexity index is 1390. The molecular formula is C24H28N6O5S2. The van der Waals surface area contributed by atoms with E-state index in [0.29, 0.717) is 23.9 Å². The smallest absolute Gasteiger partial charge is 0.272 e. The van der Waals surface area contributed by atoms with Crippen LogP contribution in [0.2, 0.25) is 0 Å². The van der Waals surface area contributed by atoms with Crippen LogP contribution in [0, 0.1) is 5.92 Å². The van der Waals surface area contributed by atoms with Gasteiger partial charge >= 0.3 is 0 Å². The number of para-hydroxylation sites is 2. The Hall–Kier alpha value is -3.29. The summed E-state index contributed by atoms with van der Waals surface area (Å²) in [6.45, 7) is 3.62. The number of nitrogens with zero attached hydrogens (tertiary/aromatic N) is 4. The zero-order chi connectivity index (χ0) is 26.6. The third-order valence-electron chi connectivity index (χ3n) is 5.92. The van der Waals surface area contributed by atoms with E-state index < -0.39 is 39.7 Å². The number of amides is 2. The van der Waals surface area contributed by atoms with E-state index in [1.54, 1.807) is 23.6 Å². The van der Waals surface area contributed by atoms with Gasteiger partial charge in [-0.1, -0.05) is 26.0 Å². The summed E-state index contributed by atoms with van der Waals surface area (Å²) in [6.07, 6.45) is 3.76. The molecule has 4 rings (SSSR count). The summed E-state index contributed by atoms with van der Waals surface area (Å²) in [4.78, 5) is 51.5. The van der Waals surface area contributed by atoms with Crippen molar-refractivity contribution in [3.8, 4) is 0 Å². The van der Waals surface area contributed by atoms with Crippen LogP contribution in [0.4, 0.5) is 0 Å². The van der Waals surface area contributed by atoms with Crippen molar-refractivity contribution in [2.24, 2.45) is 5.92 Å². The molecule has 3 heterocycles. The number of hydrogen-bond donors (Lipinski definition) is 2. The van der Waals surface area contributed by atoms with E-state index in [4.69, 9.17) is 0 Å². The minimum absolute atomic E-state index is 0.0701. The topological polar surface area (TPSA) is 151 Å². The second kappa shape index (κ2) is 11.4. The fraction of sp³-hybridized carbons (Fsp3) is 0.417. The number of carbonyl (C=O) groups is 3. The summed E-state index contributed by atoms with van der Waals surface area (Å²) in [5, 5.41) is 7.01. The van der Waals surface area contributed by atoms with E-state index in [1.807, 2.05) is 19.9 Å². The highest BCUT2D eigenvalue weighted by Crippen LogP contribution is 2.21. The Balaban J connectivity index is 1.44. The van der Waals surface area contributed by atoms with Gasteiger partial charge in [-0.2, -0.15) is 4.31 Å². The van der Waals surface area contributed by atoms with Crippen molar-refractivity contribution < 1.29 is 22.8 Å². The number of thiazole rings is 1. The van der Waals surface area contributed by atoms with Crippen LogP contribution >= 0.6 is 11.3 Å². The summed E-state index contributed by atoms with van der Waals surface area (Å²) in [6, 6.07) is 5.37. The summed E-state index contributed by atoms with van der Waals surface area (Å²) in [5.41, 5.74) is 1.28. The first kappa shape index (κ1) is 26.8. The van der Waals surface area contributed by atoms with E-state index in [9.17, 15) is 22.8 Å². The minimum Gasteiger partial charge on any atom is -0.344 e. The van der Waals surface area contributed by atoms with Crippen LogP contribution in [0.15, 0.2) is 46.4 Å². The van der Waals surface area contributed by atoms with Gasteiger partial charge < -0.3 is 10.6 Å². The molecule has 0 saturated carbocycles. The van der Waals surface area contributed by atoms with Gasteiger partial charge in [-0.3, -0.25) is 19.4 Å². The Morgan fingerprint density at radius 3 is 2.65 bits per heavy atom. The van der Waals surface area contributed by atoms with E-state index >= 15 is 0 Å². The molecule has 1 unspecified atom stereocenters. The normalized spacial score (nSPS) is 17.9. The van der Waals surface area contributed by atoms with Crippen LogP contribution in [-0.4, -0.2) is 70.4 Å². The molecule has 1 aliphatic heterocycles. The predicted octanol–water partition coefficient (Wildman–Crippen LogP) is 1.77. The highest BCUT2D eigenvalue weighted by Gasteiger charge is 2.35. The summed E-state index contributed by atoms with van der Waals surface area (Å²) in [7, 11) is -3.88. The molecule has 2 aromatic heterocycles. The molecule has 1 aliphatic rings. The first-order valence-corrected chi connectivity index (χ1v) is 14.2. The molecule has 0 aliphatic carbocycles. The molecule has 2 amide bonds. The standard InChI is InChI=1S/C24H28N6O5S2/c1-15(2)12-19(29-23(33)20-13-26-16-6-3-4-7-17(16)27-20)22(32)28-18-8-5-10-30(14-21(18)31)37(34,35)24-25-9-11-36-24/h3-4,6-7,9,11,13,15,18-19H,5,8,10,12,14H2,1-2H3,(H,28,32)(H,29,33)/t18?,19-/m0/s1. The lowest BCUT2D eigenvalue weighted by atomic mass is 10.0. The largest absolute Gasteiger partial charge is 0.344 e. The van der Waals surface area contributed by atoms with Gasteiger partial charge in [0.2, 0.25) is 10.2 Å². The van der Waals surface area contributed by atoms with Gasteiger partial charge in [-0.15, -0.1) is 11.3 Å². The third-order valence-corrected chi connectivity index (χ3v) is 8.94. The zero-order valence-electron chi connectivity index (χ0n) is 20.5. The fourth-order valence-electron chi connectivity index (χ4n) is 4.08. The van der Waals surface area contributed by atoms with Crippen LogP contribution in [0.25, 0.3) is 11.0 Å². The molecule has 1 fully saturated rings. The van der Waals surface area contributed by atoms with Gasteiger partial charge in [-0.05, 0) is 37.3 Å². The Kier molecular flexibility index (Phi) is 8.25. The molecular weight excluding hydrogens is 516 g/mol. The number of benzene rings is 1. The van der Waals surface area contributed by atoms with Gasteiger partial charge in [0.1, 0.15) is 11.7 Å². The van der Waals surface area contributed by atoms with E-state index in [2.05, 4.69) is 25.6 Å². The lowest BCUT2D eigenvalue weighted by Gasteiger charge is -2.23. The Morgan fingerprint density at radius 2 is 1.95 bits per heavy atom.